The number of rotatable bonds is 6. The van der Waals surface area contributed by atoms with Crippen LogP contribution in [0, 0.1) is 18.6 Å². The maximum Gasteiger partial charge on any atom is 0.256 e. The molecule has 0 aliphatic heterocycles. The Bertz CT molecular complexity index is 1080. The number of aryl methyl sites for hydroxylation is 2. The predicted octanol–water partition coefficient (Wildman–Crippen LogP) is 3.72. The number of aromatic nitrogens is 5. The number of hydrogen-bond acceptors (Lipinski definition) is 4. The van der Waals surface area contributed by atoms with Crippen molar-refractivity contribution in [2.24, 2.45) is 0 Å². The number of carbonyl (C=O) groups excluding carboxylic acids is 1. The van der Waals surface area contributed by atoms with E-state index in [9.17, 15) is 4.79 Å². The Morgan fingerprint density at radius 3 is 2.71 bits per heavy atom. The Morgan fingerprint density at radius 2 is 2.04 bits per heavy atom. The van der Waals surface area contributed by atoms with Gasteiger partial charge in [0.05, 0.1) is 24.3 Å². The molecule has 0 atom stereocenters. The number of aromatic amines is 1. The molecule has 0 saturated heterocycles. The summed E-state index contributed by atoms with van der Waals surface area (Å²) in [7, 11) is 0. The van der Waals surface area contributed by atoms with Crippen LogP contribution in [0.15, 0.2) is 24.3 Å². The minimum Gasteiger partial charge on any atom is -0.345 e. The highest BCUT2D eigenvalue weighted by Gasteiger charge is 2.27. The Balaban J connectivity index is 1.49. The Hall–Kier alpha value is -2.45. The molecule has 1 saturated carbocycles. The van der Waals surface area contributed by atoms with Gasteiger partial charge in [-0.1, -0.05) is 41.4 Å². The maximum absolute atomic E-state index is 12.8. The van der Waals surface area contributed by atoms with Crippen LogP contribution in [-0.2, 0) is 13.1 Å². The topological polar surface area (TPSA) is 80.5 Å². The average Bonchev–Trinajstić information content (AvgIpc) is 3.37. The molecule has 1 amide bonds. The third-order valence-electron chi connectivity index (χ3n) is 4.84. The molecule has 0 bridgehead atoms. The van der Waals surface area contributed by atoms with Crippen LogP contribution in [0.25, 0.3) is 0 Å². The van der Waals surface area contributed by atoms with Crippen molar-refractivity contribution in [2.45, 2.75) is 45.8 Å². The predicted molar refractivity (Wildman–Crippen MR) is 109 cm³/mol. The molecule has 1 aliphatic carbocycles. The molecule has 0 spiro atoms. The standard InChI is InChI=1S/C19H21ClN6OS/c1-11-3-5-13(6-4-11)10-25-17(20)16(12(2)24-25)18(27)21-9-15-22-23-19(28)26(15)14-7-8-14/h3-6,14H,7-10H2,1-2H3,(H,21,27)(H,23,28). The van der Waals surface area contributed by atoms with Crippen molar-refractivity contribution in [3.8, 4) is 0 Å². The Morgan fingerprint density at radius 1 is 1.32 bits per heavy atom. The second-order valence-corrected chi connectivity index (χ2v) is 7.87. The number of carbonyl (C=O) groups is 1. The summed E-state index contributed by atoms with van der Waals surface area (Å²) in [5.74, 6) is 0.454. The van der Waals surface area contributed by atoms with Crippen molar-refractivity contribution >= 4 is 29.7 Å². The third-order valence-corrected chi connectivity index (χ3v) is 5.51. The summed E-state index contributed by atoms with van der Waals surface area (Å²) in [5.41, 5.74) is 3.24. The lowest BCUT2D eigenvalue weighted by Gasteiger charge is -2.07. The minimum atomic E-state index is -0.270. The second-order valence-electron chi connectivity index (χ2n) is 7.12. The number of halogens is 1. The highest BCUT2D eigenvalue weighted by Crippen LogP contribution is 2.35. The van der Waals surface area contributed by atoms with Gasteiger partial charge in [0.15, 0.2) is 10.6 Å². The van der Waals surface area contributed by atoms with Gasteiger partial charge in [0.1, 0.15) is 5.15 Å². The molecule has 146 valence electrons. The Labute approximate surface area is 172 Å². The normalized spacial score (nSPS) is 13.7. The smallest absolute Gasteiger partial charge is 0.256 e. The first-order valence-electron chi connectivity index (χ1n) is 9.16. The van der Waals surface area contributed by atoms with E-state index < -0.39 is 0 Å². The number of amides is 1. The molecule has 0 unspecified atom stereocenters. The zero-order valence-corrected chi connectivity index (χ0v) is 17.3. The van der Waals surface area contributed by atoms with Crippen LogP contribution in [0.5, 0.6) is 0 Å². The van der Waals surface area contributed by atoms with Crippen LogP contribution in [0.1, 0.15) is 51.9 Å². The molecule has 3 aromatic rings. The molecule has 9 heteroatoms. The van der Waals surface area contributed by atoms with E-state index in [1.54, 1.807) is 11.6 Å². The highest BCUT2D eigenvalue weighted by atomic mass is 35.5. The summed E-state index contributed by atoms with van der Waals surface area (Å²) < 4.78 is 4.22. The van der Waals surface area contributed by atoms with Crippen molar-refractivity contribution in [1.82, 2.24) is 29.9 Å². The van der Waals surface area contributed by atoms with E-state index in [-0.39, 0.29) is 12.5 Å². The number of nitrogens with one attached hydrogen (secondary N) is 2. The molecule has 7 nitrogen and oxygen atoms in total. The highest BCUT2D eigenvalue weighted by molar-refractivity contribution is 7.71. The molecule has 1 aromatic carbocycles. The summed E-state index contributed by atoms with van der Waals surface area (Å²) in [6, 6.07) is 8.53. The van der Waals surface area contributed by atoms with Gasteiger partial charge < -0.3 is 5.32 Å². The quantitative estimate of drug-likeness (QED) is 0.600. The average molecular weight is 417 g/mol. The first-order chi connectivity index (χ1) is 13.4. The fourth-order valence-electron chi connectivity index (χ4n) is 3.20. The van der Waals surface area contributed by atoms with Gasteiger partial charge in [-0.15, -0.1) is 0 Å². The van der Waals surface area contributed by atoms with Gasteiger partial charge in [-0.3, -0.25) is 14.5 Å². The second kappa shape index (κ2) is 7.52. The number of nitrogens with zero attached hydrogens (tertiary/aromatic N) is 4. The van der Waals surface area contributed by atoms with Crippen molar-refractivity contribution in [1.29, 1.82) is 0 Å². The molecule has 4 rings (SSSR count). The summed E-state index contributed by atoms with van der Waals surface area (Å²) >= 11 is 11.8. The summed E-state index contributed by atoms with van der Waals surface area (Å²) in [6.45, 7) is 4.61. The number of benzene rings is 1. The van der Waals surface area contributed by atoms with Crippen LogP contribution < -0.4 is 5.32 Å². The van der Waals surface area contributed by atoms with Crippen LogP contribution in [0.4, 0.5) is 0 Å². The fourth-order valence-corrected chi connectivity index (χ4v) is 3.82. The fraction of sp³-hybridized carbons (Fsp3) is 0.368. The first-order valence-corrected chi connectivity index (χ1v) is 9.95. The number of H-pyrrole nitrogens is 1. The van der Waals surface area contributed by atoms with Gasteiger partial charge in [-0.2, -0.15) is 10.2 Å². The third kappa shape index (κ3) is 3.74. The SMILES string of the molecule is Cc1ccc(Cn2nc(C)c(C(=O)NCc3n[nH]c(=S)n3C3CC3)c2Cl)cc1. The van der Waals surface area contributed by atoms with Gasteiger partial charge in [-0.05, 0) is 44.5 Å². The van der Waals surface area contributed by atoms with Crippen molar-refractivity contribution < 1.29 is 4.79 Å². The van der Waals surface area contributed by atoms with Crippen LogP contribution in [-0.4, -0.2) is 30.5 Å². The zero-order valence-electron chi connectivity index (χ0n) is 15.7. The molecule has 2 heterocycles. The van der Waals surface area contributed by atoms with Gasteiger partial charge >= 0.3 is 0 Å². The molecular formula is C19H21ClN6OS. The van der Waals surface area contributed by atoms with Gasteiger partial charge in [-0.25, -0.2) is 4.68 Å². The van der Waals surface area contributed by atoms with Crippen LogP contribution >= 0.6 is 23.8 Å². The van der Waals surface area contributed by atoms with Crippen LogP contribution in [0.3, 0.4) is 0 Å². The largest absolute Gasteiger partial charge is 0.345 e. The molecule has 2 N–H and O–H groups in total. The van der Waals surface area contributed by atoms with E-state index in [4.69, 9.17) is 23.8 Å². The molecule has 1 aliphatic rings. The van der Waals surface area contributed by atoms with E-state index >= 15 is 0 Å². The minimum absolute atomic E-state index is 0.270. The lowest BCUT2D eigenvalue weighted by molar-refractivity contribution is 0.0949. The summed E-state index contributed by atoms with van der Waals surface area (Å²) in [4.78, 5) is 12.8. The monoisotopic (exact) mass is 416 g/mol. The van der Waals surface area contributed by atoms with Crippen molar-refractivity contribution in [2.75, 3.05) is 0 Å². The molecular weight excluding hydrogens is 396 g/mol. The van der Waals surface area contributed by atoms with Gasteiger partial charge in [0.25, 0.3) is 5.91 Å². The number of hydrogen-bond donors (Lipinski definition) is 2. The maximum atomic E-state index is 12.8. The molecule has 28 heavy (non-hydrogen) atoms. The van der Waals surface area contributed by atoms with Crippen molar-refractivity contribution in [3.63, 3.8) is 0 Å². The lowest BCUT2D eigenvalue weighted by atomic mass is 10.1. The van der Waals surface area contributed by atoms with Gasteiger partial charge in [0, 0.05) is 6.04 Å². The first kappa shape index (κ1) is 18.9. The summed E-state index contributed by atoms with van der Waals surface area (Å²) in [5, 5.41) is 14.7. The van der Waals surface area contributed by atoms with E-state index in [2.05, 4.69) is 20.6 Å². The molecule has 0 radical (unpaired) electrons. The lowest BCUT2D eigenvalue weighted by Crippen LogP contribution is -2.25. The van der Waals surface area contributed by atoms with Crippen molar-refractivity contribution in [3.05, 3.63) is 62.4 Å². The van der Waals surface area contributed by atoms with Crippen LogP contribution in [0.2, 0.25) is 5.15 Å². The van der Waals surface area contributed by atoms with E-state index in [0.717, 1.165) is 24.2 Å². The summed E-state index contributed by atoms with van der Waals surface area (Å²) in [6.07, 6.45) is 2.18. The molecule has 2 aromatic heterocycles. The Kier molecular flexibility index (Phi) is 5.07. The van der Waals surface area contributed by atoms with Gasteiger partial charge in [0.2, 0.25) is 0 Å². The zero-order chi connectivity index (χ0) is 19.8. The van der Waals surface area contributed by atoms with E-state index in [1.165, 1.54) is 5.56 Å². The molecule has 1 fully saturated rings. The van der Waals surface area contributed by atoms with E-state index in [1.807, 2.05) is 35.8 Å². The van der Waals surface area contributed by atoms with E-state index in [0.29, 0.717) is 33.8 Å².